The molecule has 5 nitrogen and oxygen atoms in total. The minimum atomic E-state index is -1.27. The minimum absolute atomic E-state index is 0.358. The van der Waals surface area contributed by atoms with Crippen molar-refractivity contribution in [2.45, 2.75) is 9.79 Å². The topological polar surface area (TPSA) is 86.1 Å². The molecule has 3 aromatic rings. The fourth-order valence-corrected chi connectivity index (χ4v) is 3.94. The predicted octanol–water partition coefficient (Wildman–Crippen LogP) is 6.49. The van der Waals surface area contributed by atoms with Crippen LogP contribution in [0, 0.1) is 0 Å². The van der Waals surface area contributed by atoms with Gasteiger partial charge in [0, 0.05) is 19.2 Å². The summed E-state index contributed by atoms with van der Waals surface area (Å²) in [6.07, 6.45) is 1.33. The van der Waals surface area contributed by atoms with E-state index in [4.69, 9.17) is 10.6 Å². The van der Waals surface area contributed by atoms with Crippen LogP contribution < -0.4 is 0 Å². The van der Waals surface area contributed by atoms with Crippen LogP contribution in [0.25, 0.3) is 27.3 Å². The molecule has 0 aromatic heterocycles. The lowest BCUT2D eigenvalue weighted by molar-refractivity contribution is -0.132. The number of rotatable bonds is 5. The predicted molar refractivity (Wildman–Crippen MR) is 107 cm³/mol. The number of benzene rings is 3. The first kappa shape index (κ1) is 18.1. The number of carbonyl (C=O) groups is 1. The van der Waals surface area contributed by atoms with Crippen molar-refractivity contribution >= 4 is 50.5 Å². The first-order chi connectivity index (χ1) is 12.6. The summed E-state index contributed by atoms with van der Waals surface area (Å²) in [5.41, 5.74) is 8.72. The second kappa shape index (κ2) is 8.10. The van der Waals surface area contributed by atoms with Gasteiger partial charge in [-0.2, -0.15) is 0 Å². The van der Waals surface area contributed by atoms with Crippen LogP contribution in [-0.2, 0) is 4.79 Å². The van der Waals surface area contributed by atoms with Gasteiger partial charge in [-0.1, -0.05) is 69.2 Å². The van der Waals surface area contributed by atoms with Crippen molar-refractivity contribution in [3.8, 4) is 0 Å². The Morgan fingerprint density at radius 1 is 1.08 bits per heavy atom. The molecule has 0 heterocycles. The maximum absolute atomic E-state index is 11.1. The number of azide groups is 1. The van der Waals surface area contributed by atoms with Gasteiger partial charge in [0.1, 0.15) is 5.70 Å². The number of fused-ring (bicyclic) bond motifs is 1. The maximum Gasteiger partial charge on any atom is 0.338 e. The van der Waals surface area contributed by atoms with Crippen molar-refractivity contribution < 1.29 is 9.90 Å². The smallest absolute Gasteiger partial charge is 0.338 e. The van der Waals surface area contributed by atoms with E-state index in [2.05, 4.69) is 56.3 Å². The van der Waals surface area contributed by atoms with Crippen LogP contribution in [0.2, 0.25) is 0 Å². The molecule has 7 heteroatoms. The quantitative estimate of drug-likeness (QED) is 0.219. The number of halogens is 1. The molecule has 1 N–H and O–H groups in total. The normalized spacial score (nSPS) is 11.2. The van der Waals surface area contributed by atoms with E-state index in [0.717, 1.165) is 14.3 Å². The van der Waals surface area contributed by atoms with Gasteiger partial charge in [-0.05, 0) is 52.2 Å². The third-order valence-electron chi connectivity index (χ3n) is 3.59. The monoisotopic (exact) mass is 425 g/mol. The van der Waals surface area contributed by atoms with Crippen LogP contribution in [0.15, 0.2) is 85.7 Å². The van der Waals surface area contributed by atoms with Gasteiger partial charge in [0.25, 0.3) is 0 Å². The molecule has 3 rings (SSSR count). The fraction of sp³-hybridized carbons (Fsp3) is 0. The van der Waals surface area contributed by atoms with E-state index >= 15 is 0 Å². The zero-order valence-corrected chi connectivity index (χ0v) is 15.7. The SMILES string of the molecule is [N-]=[N+]=N/C(=C\c1ccc(Sc2ccc3ccccc3c2)cc1Br)C(=O)O. The zero-order valence-electron chi connectivity index (χ0n) is 13.3. The second-order valence-electron chi connectivity index (χ2n) is 5.32. The van der Waals surface area contributed by atoms with Gasteiger partial charge < -0.3 is 5.11 Å². The van der Waals surface area contributed by atoms with Crippen molar-refractivity contribution in [3.05, 3.63) is 86.8 Å². The van der Waals surface area contributed by atoms with Gasteiger partial charge in [-0.15, -0.1) is 0 Å². The molecule has 0 aliphatic rings. The molecule has 26 heavy (non-hydrogen) atoms. The van der Waals surface area contributed by atoms with Crippen molar-refractivity contribution in [1.82, 2.24) is 0 Å². The molecular formula is C19H12BrN3O2S. The van der Waals surface area contributed by atoms with Crippen molar-refractivity contribution in [2.24, 2.45) is 5.11 Å². The molecule has 0 radical (unpaired) electrons. The van der Waals surface area contributed by atoms with Crippen LogP contribution in [-0.4, -0.2) is 11.1 Å². The van der Waals surface area contributed by atoms with E-state index in [0.29, 0.717) is 5.56 Å². The molecule has 0 saturated heterocycles. The summed E-state index contributed by atoms with van der Waals surface area (Å²) in [7, 11) is 0. The molecule has 128 valence electrons. The highest BCUT2D eigenvalue weighted by molar-refractivity contribution is 9.10. The molecule has 0 aliphatic heterocycles. The Hall–Kier alpha value is -2.73. The Morgan fingerprint density at radius 2 is 1.77 bits per heavy atom. The summed E-state index contributed by atoms with van der Waals surface area (Å²) >= 11 is 5.06. The van der Waals surface area contributed by atoms with Gasteiger partial charge in [-0.3, -0.25) is 0 Å². The maximum atomic E-state index is 11.1. The lowest BCUT2D eigenvalue weighted by atomic mass is 10.1. The Morgan fingerprint density at radius 3 is 2.46 bits per heavy atom. The fourth-order valence-electron chi connectivity index (χ4n) is 2.38. The van der Waals surface area contributed by atoms with E-state index in [1.165, 1.54) is 16.8 Å². The second-order valence-corrected chi connectivity index (χ2v) is 7.32. The minimum Gasteiger partial charge on any atom is -0.478 e. The molecule has 0 spiro atoms. The zero-order chi connectivity index (χ0) is 18.5. The Bertz CT molecular complexity index is 1070. The highest BCUT2D eigenvalue weighted by Gasteiger charge is 2.08. The van der Waals surface area contributed by atoms with Crippen LogP contribution in [0.1, 0.15) is 5.56 Å². The van der Waals surface area contributed by atoms with Gasteiger partial charge >= 0.3 is 5.97 Å². The molecule has 0 fully saturated rings. The molecule has 0 bridgehead atoms. The van der Waals surface area contributed by atoms with Crippen molar-refractivity contribution in [2.75, 3.05) is 0 Å². The average molecular weight is 426 g/mol. The third kappa shape index (κ3) is 4.26. The van der Waals surface area contributed by atoms with Gasteiger partial charge in [0.2, 0.25) is 0 Å². The average Bonchev–Trinajstić information content (AvgIpc) is 2.63. The molecule has 0 unspecified atom stereocenters. The molecular weight excluding hydrogens is 414 g/mol. The molecule has 3 aromatic carbocycles. The summed E-state index contributed by atoms with van der Waals surface area (Å²) in [4.78, 5) is 15.7. The summed E-state index contributed by atoms with van der Waals surface area (Å²) in [6, 6.07) is 20.0. The van der Waals surface area contributed by atoms with Crippen LogP contribution in [0.5, 0.6) is 0 Å². The van der Waals surface area contributed by atoms with Crippen molar-refractivity contribution in [1.29, 1.82) is 0 Å². The van der Waals surface area contributed by atoms with Crippen molar-refractivity contribution in [3.63, 3.8) is 0 Å². The standard InChI is InChI=1S/C19H12BrN3O2S/c20-17-11-16(8-6-14(17)10-18(19(24)25)22-23-21)26-15-7-5-12-3-1-2-4-13(12)9-15/h1-11H,(H,24,25)/b18-10-. The van der Waals surface area contributed by atoms with Gasteiger partial charge in [0.05, 0.1) is 0 Å². The van der Waals surface area contributed by atoms with Crippen LogP contribution in [0.4, 0.5) is 0 Å². The molecule has 0 amide bonds. The van der Waals surface area contributed by atoms with Crippen LogP contribution in [0.3, 0.4) is 0 Å². The van der Waals surface area contributed by atoms with E-state index < -0.39 is 5.97 Å². The number of aliphatic carboxylic acids is 1. The highest BCUT2D eigenvalue weighted by Crippen LogP contribution is 2.33. The molecule has 0 saturated carbocycles. The summed E-state index contributed by atoms with van der Waals surface area (Å²) in [5.74, 6) is -1.27. The Balaban J connectivity index is 1.88. The number of nitrogens with zero attached hydrogens (tertiary/aromatic N) is 3. The van der Waals surface area contributed by atoms with E-state index in [1.807, 2.05) is 24.3 Å². The summed E-state index contributed by atoms with van der Waals surface area (Å²) in [5, 5.41) is 14.6. The van der Waals surface area contributed by atoms with E-state index in [-0.39, 0.29) is 5.70 Å². The van der Waals surface area contributed by atoms with E-state index in [1.54, 1.807) is 17.8 Å². The van der Waals surface area contributed by atoms with E-state index in [9.17, 15) is 4.79 Å². The number of hydrogen-bond donors (Lipinski definition) is 1. The first-order valence-corrected chi connectivity index (χ1v) is 9.14. The molecule has 0 atom stereocenters. The largest absolute Gasteiger partial charge is 0.478 e. The van der Waals surface area contributed by atoms with Gasteiger partial charge in [-0.25, -0.2) is 4.79 Å². The summed E-state index contributed by atoms with van der Waals surface area (Å²) in [6.45, 7) is 0. The number of hydrogen-bond acceptors (Lipinski definition) is 3. The number of carboxylic acid groups (broad SMARTS) is 1. The van der Waals surface area contributed by atoms with Gasteiger partial charge in [0.15, 0.2) is 0 Å². The Kier molecular flexibility index (Phi) is 5.63. The summed E-state index contributed by atoms with van der Waals surface area (Å²) < 4.78 is 0.718. The number of carboxylic acids is 1. The first-order valence-electron chi connectivity index (χ1n) is 7.53. The highest BCUT2D eigenvalue weighted by atomic mass is 79.9. The molecule has 0 aliphatic carbocycles. The Labute approximate surface area is 162 Å². The lowest BCUT2D eigenvalue weighted by Gasteiger charge is -2.06. The lowest BCUT2D eigenvalue weighted by Crippen LogP contribution is -1.96. The third-order valence-corrected chi connectivity index (χ3v) is 5.26. The van der Waals surface area contributed by atoms with Crippen LogP contribution >= 0.6 is 27.7 Å².